The van der Waals surface area contributed by atoms with Crippen molar-refractivity contribution in [2.75, 3.05) is 25.0 Å². The second kappa shape index (κ2) is 14.2. The van der Waals surface area contributed by atoms with Crippen molar-refractivity contribution in [3.8, 4) is 0 Å². The molecular formula is C29H44F2N3O2P. The summed E-state index contributed by atoms with van der Waals surface area (Å²) >= 11 is 0. The van der Waals surface area contributed by atoms with Gasteiger partial charge in [0, 0.05) is 17.9 Å². The standard InChI is InChI=1S/C27H38F2N3O2P.C2H6/c1-5-7-8-19(6-2)18(4)30-14-27(34)15-32(16-27)26(33)20-10-12-23(35)24(29)25(20)31-22-11-9-17(3)13-21(22)28;1-2/h9-13,18-19,30-31,34H,5-8,14-16,35H2,1-4H3;1-2H3. The molecule has 2 aromatic rings. The van der Waals surface area contributed by atoms with Crippen LogP contribution in [0, 0.1) is 24.5 Å². The van der Waals surface area contributed by atoms with E-state index < -0.39 is 23.1 Å². The highest BCUT2D eigenvalue weighted by Crippen LogP contribution is 2.30. The van der Waals surface area contributed by atoms with Crippen LogP contribution >= 0.6 is 9.24 Å². The summed E-state index contributed by atoms with van der Waals surface area (Å²) in [5, 5.41) is 17.4. The lowest BCUT2D eigenvalue weighted by molar-refractivity contribution is -0.0803. The summed E-state index contributed by atoms with van der Waals surface area (Å²) in [5.74, 6) is -1.03. The van der Waals surface area contributed by atoms with Crippen molar-refractivity contribution in [2.45, 2.75) is 78.9 Å². The van der Waals surface area contributed by atoms with Crippen LogP contribution in [0.3, 0.4) is 0 Å². The molecule has 1 fully saturated rings. The molecule has 0 aliphatic carbocycles. The number of unbranched alkanes of at least 4 members (excludes halogenated alkanes) is 1. The second-order valence-corrected chi connectivity index (χ2v) is 10.5. The van der Waals surface area contributed by atoms with Crippen molar-refractivity contribution < 1.29 is 18.7 Å². The predicted molar refractivity (Wildman–Crippen MR) is 153 cm³/mol. The monoisotopic (exact) mass is 535 g/mol. The number of anilines is 2. The van der Waals surface area contributed by atoms with Gasteiger partial charge in [0.1, 0.15) is 11.4 Å². The fourth-order valence-electron chi connectivity index (χ4n) is 4.63. The lowest BCUT2D eigenvalue weighted by Crippen LogP contribution is -2.68. The normalized spacial score (nSPS) is 15.8. The largest absolute Gasteiger partial charge is 0.385 e. The molecule has 2 aromatic carbocycles. The maximum Gasteiger partial charge on any atom is 0.256 e. The van der Waals surface area contributed by atoms with E-state index in [2.05, 4.69) is 40.6 Å². The molecule has 8 heteroatoms. The minimum absolute atomic E-state index is 0.0749. The molecule has 0 bridgehead atoms. The van der Waals surface area contributed by atoms with Crippen LogP contribution in [-0.4, -0.2) is 47.2 Å². The Bertz CT molecular complexity index is 1040. The molecule has 3 atom stereocenters. The smallest absolute Gasteiger partial charge is 0.256 e. The number of carbonyl (C=O) groups is 1. The summed E-state index contributed by atoms with van der Waals surface area (Å²) in [6.07, 6.45) is 4.58. The number of aryl methyl sites for hydroxylation is 1. The van der Waals surface area contributed by atoms with E-state index in [4.69, 9.17) is 0 Å². The van der Waals surface area contributed by atoms with Gasteiger partial charge in [0.25, 0.3) is 5.91 Å². The number of amides is 1. The minimum Gasteiger partial charge on any atom is -0.385 e. The Morgan fingerprint density at radius 3 is 2.46 bits per heavy atom. The predicted octanol–water partition coefficient (Wildman–Crippen LogP) is 5.92. The van der Waals surface area contributed by atoms with Gasteiger partial charge >= 0.3 is 0 Å². The summed E-state index contributed by atoms with van der Waals surface area (Å²) in [4.78, 5) is 14.7. The maximum absolute atomic E-state index is 15.0. The molecule has 3 rings (SSSR count). The highest BCUT2D eigenvalue weighted by molar-refractivity contribution is 7.27. The third kappa shape index (κ3) is 7.95. The molecule has 1 heterocycles. The lowest BCUT2D eigenvalue weighted by Gasteiger charge is -2.47. The van der Waals surface area contributed by atoms with Gasteiger partial charge in [-0.15, -0.1) is 9.24 Å². The van der Waals surface area contributed by atoms with Gasteiger partial charge in [0.05, 0.1) is 30.0 Å². The van der Waals surface area contributed by atoms with E-state index in [0.29, 0.717) is 12.5 Å². The molecule has 5 nitrogen and oxygen atoms in total. The minimum atomic E-state index is -1.03. The number of aliphatic hydroxyl groups is 1. The average molecular weight is 536 g/mol. The molecule has 1 saturated heterocycles. The van der Waals surface area contributed by atoms with E-state index in [1.807, 2.05) is 13.8 Å². The number of halogens is 2. The van der Waals surface area contributed by atoms with Crippen molar-refractivity contribution >= 4 is 31.8 Å². The lowest BCUT2D eigenvalue weighted by atomic mass is 9.89. The van der Waals surface area contributed by atoms with Crippen LogP contribution in [0.2, 0.25) is 0 Å². The average Bonchev–Trinajstić information content (AvgIpc) is 2.86. The molecule has 1 amide bonds. The summed E-state index contributed by atoms with van der Waals surface area (Å²) in [5.41, 5.74) is -0.172. The molecule has 3 N–H and O–H groups in total. The number of benzene rings is 2. The molecule has 37 heavy (non-hydrogen) atoms. The van der Waals surface area contributed by atoms with E-state index >= 15 is 4.39 Å². The zero-order chi connectivity index (χ0) is 27.8. The number of hydrogen-bond acceptors (Lipinski definition) is 4. The van der Waals surface area contributed by atoms with Gasteiger partial charge < -0.3 is 20.6 Å². The summed E-state index contributed by atoms with van der Waals surface area (Å²) < 4.78 is 29.4. The summed E-state index contributed by atoms with van der Waals surface area (Å²) in [6.45, 7) is 13.0. The van der Waals surface area contributed by atoms with Crippen LogP contribution in [-0.2, 0) is 0 Å². The zero-order valence-electron chi connectivity index (χ0n) is 23.1. The van der Waals surface area contributed by atoms with E-state index in [-0.39, 0.29) is 41.4 Å². The van der Waals surface area contributed by atoms with Crippen LogP contribution in [0.4, 0.5) is 20.2 Å². The van der Waals surface area contributed by atoms with Crippen LogP contribution in [0.1, 0.15) is 76.2 Å². The number of β-amino-alcohol motifs (C(OH)–C–C–N with tert-alkyl or cyclic N) is 1. The van der Waals surface area contributed by atoms with Gasteiger partial charge in [0.15, 0.2) is 5.82 Å². The highest BCUT2D eigenvalue weighted by Gasteiger charge is 2.44. The third-order valence-corrected chi connectivity index (χ3v) is 7.40. The first-order valence-electron chi connectivity index (χ1n) is 13.4. The molecule has 1 aliphatic heterocycles. The van der Waals surface area contributed by atoms with Gasteiger partial charge in [-0.1, -0.05) is 59.1 Å². The quantitative estimate of drug-likeness (QED) is 0.313. The Morgan fingerprint density at radius 2 is 1.86 bits per heavy atom. The Morgan fingerprint density at radius 1 is 1.19 bits per heavy atom. The van der Waals surface area contributed by atoms with E-state index in [1.54, 1.807) is 13.0 Å². The van der Waals surface area contributed by atoms with Crippen LogP contribution in [0.5, 0.6) is 0 Å². The molecular weight excluding hydrogens is 491 g/mol. The second-order valence-electron chi connectivity index (χ2n) is 9.87. The van der Waals surface area contributed by atoms with E-state index in [9.17, 15) is 14.3 Å². The maximum atomic E-state index is 15.0. The molecule has 0 aromatic heterocycles. The first-order valence-corrected chi connectivity index (χ1v) is 14.0. The van der Waals surface area contributed by atoms with Crippen molar-refractivity contribution in [3.63, 3.8) is 0 Å². The van der Waals surface area contributed by atoms with Gasteiger partial charge in [-0.25, -0.2) is 8.78 Å². The molecule has 1 aliphatic rings. The van der Waals surface area contributed by atoms with E-state index in [1.165, 1.54) is 35.6 Å². The fraction of sp³-hybridized carbons (Fsp3) is 0.552. The summed E-state index contributed by atoms with van der Waals surface area (Å²) in [7, 11) is 2.28. The number of hydrogen-bond donors (Lipinski definition) is 3. The topological polar surface area (TPSA) is 64.6 Å². The van der Waals surface area contributed by atoms with Crippen LogP contribution in [0.15, 0.2) is 30.3 Å². The Balaban J connectivity index is 0.00000235. The van der Waals surface area contributed by atoms with Crippen molar-refractivity contribution in [1.29, 1.82) is 0 Å². The van der Waals surface area contributed by atoms with Crippen LogP contribution in [0.25, 0.3) is 0 Å². The Kier molecular flexibility index (Phi) is 11.9. The van der Waals surface area contributed by atoms with Crippen LogP contribution < -0.4 is 15.9 Å². The van der Waals surface area contributed by atoms with Gasteiger partial charge in [0.2, 0.25) is 0 Å². The number of likely N-dealkylation sites (tertiary alicyclic amines) is 1. The SMILES string of the molecule is CC.CCCCC(CC)C(C)NCC1(O)CN(C(=O)c2ccc(P)c(F)c2Nc2ccc(C)cc2F)C1. The number of carbonyl (C=O) groups excluding carboxylic acids is 1. The molecule has 206 valence electrons. The molecule has 0 spiro atoms. The van der Waals surface area contributed by atoms with Gasteiger partial charge in [-0.2, -0.15) is 0 Å². The van der Waals surface area contributed by atoms with Crippen molar-refractivity contribution in [3.05, 3.63) is 53.1 Å². The molecule has 3 unspecified atom stereocenters. The number of nitrogens with one attached hydrogen (secondary N) is 2. The van der Waals surface area contributed by atoms with Crippen molar-refractivity contribution in [2.24, 2.45) is 5.92 Å². The number of nitrogens with zero attached hydrogens (tertiary/aromatic N) is 1. The fourth-order valence-corrected chi connectivity index (χ4v) is 4.87. The molecule has 0 radical (unpaired) electrons. The summed E-state index contributed by atoms with van der Waals surface area (Å²) in [6, 6.07) is 7.88. The Labute approximate surface area is 223 Å². The van der Waals surface area contributed by atoms with Gasteiger partial charge in [-0.3, -0.25) is 4.79 Å². The third-order valence-electron chi connectivity index (χ3n) is 6.96. The van der Waals surface area contributed by atoms with Gasteiger partial charge in [-0.05, 0) is 49.9 Å². The molecule has 0 saturated carbocycles. The van der Waals surface area contributed by atoms with E-state index in [0.717, 1.165) is 24.8 Å². The first-order chi connectivity index (χ1) is 17.6. The number of rotatable bonds is 11. The Hall–Kier alpha value is -2.08. The highest BCUT2D eigenvalue weighted by atomic mass is 31.0. The first kappa shape index (κ1) is 31.1. The van der Waals surface area contributed by atoms with Crippen molar-refractivity contribution in [1.82, 2.24) is 10.2 Å². The zero-order valence-corrected chi connectivity index (χ0v) is 24.3.